The molecule has 1 unspecified atom stereocenters. The molecule has 2 heteroatoms. The first-order valence-electron chi connectivity index (χ1n) is 11.8. The van der Waals surface area contributed by atoms with E-state index in [4.69, 9.17) is 5.11 Å². The SMILES string of the molecule is CCC(CCCCCCCCCCCCCCC(=O)O)c1cccc(C)c1C. The number of hydrogen-bond donors (Lipinski definition) is 1. The van der Waals surface area contributed by atoms with Gasteiger partial charge in [0.1, 0.15) is 0 Å². The second kappa shape index (κ2) is 15.6. The third-order valence-electron chi connectivity index (χ3n) is 6.27. The minimum atomic E-state index is -0.657. The van der Waals surface area contributed by atoms with E-state index in [1.807, 2.05) is 0 Å². The first kappa shape index (κ1) is 24.7. The molecule has 1 atom stereocenters. The summed E-state index contributed by atoms with van der Waals surface area (Å²) < 4.78 is 0. The molecule has 2 nitrogen and oxygen atoms in total. The predicted molar refractivity (Wildman–Crippen MR) is 121 cm³/mol. The molecule has 1 aromatic rings. The summed E-state index contributed by atoms with van der Waals surface area (Å²) in [4.78, 5) is 10.4. The lowest BCUT2D eigenvalue weighted by Crippen LogP contribution is -2.01. The van der Waals surface area contributed by atoms with E-state index >= 15 is 0 Å². The highest BCUT2D eigenvalue weighted by molar-refractivity contribution is 5.66. The maximum atomic E-state index is 10.4. The summed E-state index contributed by atoms with van der Waals surface area (Å²) in [6, 6.07) is 6.78. The number of aryl methyl sites for hydroxylation is 1. The minimum absolute atomic E-state index is 0.337. The summed E-state index contributed by atoms with van der Waals surface area (Å²) in [6.07, 6.45) is 18.3. The molecule has 0 fully saturated rings. The zero-order valence-electron chi connectivity index (χ0n) is 18.8. The van der Waals surface area contributed by atoms with Gasteiger partial charge in [-0.25, -0.2) is 0 Å². The van der Waals surface area contributed by atoms with Crippen LogP contribution in [0, 0.1) is 13.8 Å². The van der Waals surface area contributed by atoms with Gasteiger partial charge in [-0.1, -0.05) is 95.8 Å². The van der Waals surface area contributed by atoms with Crippen molar-refractivity contribution in [3.63, 3.8) is 0 Å². The van der Waals surface area contributed by atoms with Crippen molar-refractivity contribution in [3.05, 3.63) is 34.9 Å². The Morgan fingerprint density at radius 1 is 0.821 bits per heavy atom. The molecule has 0 saturated heterocycles. The number of hydrogen-bond acceptors (Lipinski definition) is 1. The fourth-order valence-corrected chi connectivity index (χ4v) is 4.23. The van der Waals surface area contributed by atoms with Crippen LogP contribution in [0.1, 0.15) is 126 Å². The Labute approximate surface area is 174 Å². The second-order valence-electron chi connectivity index (χ2n) is 8.57. The van der Waals surface area contributed by atoms with E-state index < -0.39 is 5.97 Å². The highest BCUT2D eigenvalue weighted by Crippen LogP contribution is 2.29. The van der Waals surface area contributed by atoms with Crippen LogP contribution < -0.4 is 0 Å². The van der Waals surface area contributed by atoms with Crippen molar-refractivity contribution in [2.24, 2.45) is 0 Å². The Balaban J connectivity index is 1.97. The number of carboxylic acid groups (broad SMARTS) is 1. The van der Waals surface area contributed by atoms with Gasteiger partial charge >= 0.3 is 5.97 Å². The Morgan fingerprint density at radius 3 is 1.82 bits per heavy atom. The van der Waals surface area contributed by atoms with Gasteiger partial charge < -0.3 is 5.11 Å². The average molecular weight is 389 g/mol. The average Bonchev–Trinajstić information content (AvgIpc) is 2.67. The van der Waals surface area contributed by atoms with Crippen LogP contribution in [0.3, 0.4) is 0 Å². The van der Waals surface area contributed by atoms with Gasteiger partial charge in [0, 0.05) is 6.42 Å². The summed E-state index contributed by atoms with van der Waals surface area (Å²) in [5, 5.41) is 8.60. The van der Waals surface area contributed by atoms with Crippen LogP contribution >= 0.6 is 0 Å². The standard InChI is InChI=1S/C26H44O2/c1-4-24(25-20-17-18-22(2)23(25)3)19-15-13-11-9-7-5-6-8-10-12-14-16-21-26(27)28/h17-18,20,24H,4-16,19,21H2,1-3H3,(H,27,28). The van der Waals surface area contributed by atoms with Crippen molar-refractivity contribution >= 4 is 5.97 Å². The Bertz CT molecular complexity index is 535. The van der Waals surface area contributed by atoms with E-state index in [2.05, 4.69) is 39.0 Å². The molecular weight excluding hydrogens is 344 g/mol. The van der Waals surface area contributed by atoms with Gasteiger partial charge in [-0.15, -0.1) is 0 Å². The van der Waals surface area contributed by atoms with Gasteiger partial charge in [0.05, 0.1) is 0 Å². The fourth-order valence-electron chi connectivity index (χ4n) is 4.23. The number of rotatable bonds is 17. The Kier molecular flexibility index (Phi) is 13.8. The van der Waals surface area contributed by atoms with E-state index in [1.54, 1.807) is 5.56 Å². The molecule has 28 heavy (non-hydrogen) atoms. The molecule has 160 valence electrons. The van der Waals surface area contributed by atoms with Crippen molar-refractivity contribution in [3.8, 4) is 0 Å². The molecule has 0 aromatic heterocycles. The van der Waals surface area contributed by atoms with Gasteiger partial charge in [0.25, 0.3) is 0 Å². The summed E-state index contributed by atoms with van der Waals surface area (Å²) in [5.74, 6) is 0.0749. The summed E-state index contributed by atoms with van der Waals surface area (Å²) in [6.45, 7) is 6.84. The third-order valence-corrected chi connectivity index (χ3v) is 6.27. The maximum Gasteiger partial charge on any atom is 0.303 e. The lowest BCUT2D eigenvalue weighted by atomic mass is 9.86. The van der Waals surface area contributed by atoms with E-state index in [0.29, 0.717) is 6.42 Å². The predicted octanol–water partition coefficient (Wildman–Crippen LogP) is 8.34. The quantitative estimate of drug-likeness (QED) is 0.272. The van der Waals surface area contributed by atoms with Crippen molar-refractivity contribution in [2.75, 3.05) is 0 Å². The van der Waals surface area contributed by atoms with E-state index in [-0.39, 0.29) is 0 Å². The van der Waals surface area contributed by atoms with Gasteiger partial charge in [-0.2, -0.15) is 0 Å². The lowest BCUT2D eigenvalue weighted by Gasteiger charge is -2.19. The van der Waals surface area contributed by atoms with E-state index in [1.165, 1.54) is 88.2 Å². The highest BCUT2D eigenvalue weighted by atomic mass is 16.4. The van der Waals surface area contributed by atoms with Crippen molar-refractivity contribution < 1.29 is 9.90 Å². The molecule has 0 heterocycles. The van der Waals surface area contributed by atoms with Gasteiger partial charge in [-0.3, -0.25) is 4.79 Å². The molecule has 1 aromatic carbocycles. The Morgan fingerprint density at radius 2 is 1.32 bits per heavy atom. The first-order valence-corrected chi connectivity index (χ1v) is 11.8. The number of benzene rings is 1. The second-order valence-corrected chi connectivity index (χ2v) is 8.57. The van der Waals surface area contributed by atoms with Gasteiger partial charge in [-0.05, 0) is 55.7 Å². The molecule has 1 N–H and O–H groups in total. The zero-order chi connectivity index (χ0) is 20.6. The monoisotopic (exact) mass is 388 g/mol. The zero-order valence-corrected chi connectivity index (χ0v) is 18.8. The Hall–Kier alpha value is -1.31. The number of unbranched alkanes of at least 4 members (excludes halogenated alkanes) is 11. The smallest absolute Gasteiger partial charge is 0.303 e. The fraction of sp³-hybridized carbons (Fsp3) is 0.731. The van der Waals surface area contributed by atoms with Crippen LogP contribution in [0.4, 0.5) is 0 Å². The van der Waals surface area contributed by atoms with E-state index in [0.717, 1.165) is 18.8 Å². The first-order chi connectivity index (χ1) is 13.6. The lowest BCUT2D eigenvalue weighted by molar-refractivity contribution is -0.137. The van der Waals surface area contributed by atoms with Crippen LogP contribution in [-0.2, 0) is 4.79 Å². The number of aliphatic carboxylic acids is 1. The minimum Gasteiger partial charge on any atom is -0.481 e. The largest absolute Gasteiger partial charge is 0.481 e. The van der Waals surface area contributed by atoms with Crippen molar-refractivity contribution in [1.82, 2.24) is 0 Å². The maximum absolute atomic E-state index is 10.4. The molecule has 0 aliphatic carbocycles. The van der Waals surface area contributed by atoms with Crippen LogP contribution in [-0.4, -0.2) is 11.1 Å². The van der Waals surface area contributed by atoms with Gasteiger partial charge in [0.15, 0.2) is 0 Å². The molecule has 0 bridgehead atoms. The molecule has 1 rings (SSSR count). The molecular formula is C26H44O2. The molecule has 0 aliphatic rings. The topological polar surface area (TPSA) is 37.3 Å². The van der Waals surface area contributed by atoms with Crippen LogP contribution in [0.25, 0.3) is 0 Å². The molecule has 0 radical (unpaired) electrons. The van der Waals surface area contributed by atoms with E-state index in [9.17, 15) is 4.79 Å². The summed E-state index contributed by atoms with van der Waals surface area (Å²) in [5.41, 5.74) is 4.50. The van der Waals surface area contributed by atoms with Crippen molar-refractivity contribution in [1.29, 1.82) is 0 Å². The number of carboxylic acids is 1. The molecule has 0 saturated carbocycles. The van der Waals surface area contributed by atoms with Crippen LogP contribution in [0.5, 0.6) is 0 Å². The van der Waals surface area contributed by atoms with Crippen molar-refractivity contribution in [2.45, 2.75) is 123 Å². The third kappa shape index (κ3) is 10.9. The van der Waals surface area contributed by atoms with Crippen LogP contribution in [0.15, 0.2) is 18.2 Å². The molecule has 0 amide bonds. The van der Waals surface area contributed by atoms with Gasteiger partial charge in [0.2, 0.25) is 0 Å². The molecule has 0 spiro atoms. The van der Waals surface area contributed by atoms with Crippen LogP contribution in [0.2, 0.25) is 0 Å². The number of carbonyl (C=O) groups is 1. The normalized spacial score (nSPS) is 12.2. The highest BCUT2D eigenvalue weighted by Gasteiger charge is 2.12. The molecule has 0 aliphatic heterocycles. The summed E-state index contributed by atoms with van der Waals surface area (Å²) >= 11 is 0. The summed E-state index contributed by atoms with van der Waals surface area (Å²) in [7, 11) is 0.